The number of rotatable bonds is 5. The van der Waals surface area contributed by atoms with Gasteiger partial charge in [0.15, 0.2) is 0 Å². The van der Waals surface area contributed by atoms with Gasteiger partial charge in [0.2, 0.25) is 0 Å². The smallest absolute Gasteiger partial charge is 0.328 e. The second kappa shape index (κ2) is 6.62. The lowest BCUT2D eigenvalue weighted by Gasteiger charge is -2.13. The summed E-state index contributed by atoms with van der Waals surface area (Å²) in [5, 5.41) is 9.24. The second-order valence-corrected chi connectivity index (χ2v) is 5.25. The number of hydrogen-bond donors (Lipinski definition) is 1. The number of carboxylic acid groups (broad SMARTS) is 1. The molecular weight excluding hydrogens is 264 g/mol. The van der Waals surface area contributed by atoms with Crippen LogP contribution in [0.4, 0.5) is 0 Å². The number of aliphatic carboxylic acids is 1. The number of ether oxygens (including phenoxy) is 1. The van der Waals surface area contributed by atoms with E-state index in [2.05, 4.69) is 0 Å². The van der Waals surface area contributed by atoms with Crippen molar-refractivity contribution in [1.29, 1.82) is 0 Å². The molecule has 0 saturated heterocycles. The quantitative estimate of drug-likeness (QED) is 0.829. The van der Waals surface area contributed by atoms with E-state index in [0.29, 0.717) is 28.9 Å². The lowest BCUT2D eigenvalue weighted by atomic mass is 10.1. The Morgan fingerprint density at radius 3 is 2.84 bits per heavy atom. The van der Waals surface area contributed by atoms with Crippen LogP contribution in [0.1, 0.15) is 31.2 Å². The van der Waals surface area contributed by atoms with Crippen molar-refractivity contribution < 1.29 is 14.6 Å². The van der Waals surface area contributed by atoms with Crippen molar-refractivity contribution >= 4 is 23.6 Å². The summed E-state index contributed by atoms with van der Waals surface area (Å²) < 4.78 is 5.81. The van der Waals surface area contributed by atoms with E-state index in [1.807, 2.05) is 0 Å². The Kier molecular flexibility index (Phi) is 4.86. The molecule has 1 N–H and O–H groups in total. The van der Waals surface area contributed by atoms with Crippen LogP contribution in [0.3, 0.4) is 0 Å². The molecule has 1 aliphatic carbocycles. The zero-order valence-corrected chi connectivity index (χ0v) is 11.4. The molecule has 3 nitrogen and oxygen atoms in total. The molecule has 0 unspecified atom stereocenters. The maximum Gasteiger partial charge on any atom is 0.328 e. The van der Waals surface area contributed by atoms with Gasteiger partial charge in [0.25, 0.3) is 0 Å². The average Bonchev–Trinajstić information content (AvgIpc) is 2.88. The standard InChI is InChI=1S/C15H17ClO3/c16-13-6-7-14(12(9-13)5-8-15(17)18)19-10-11-3-1-2-4-11/h5-9,11H,1-4,10H2,(H,17,18). The number of carboxylic acids is 1. The summed E-state index contributed by atoms with van der Waals surface area (Å²) in [4.78, 5) is 10.6. The first-order valence-electron chi connectivity index (χ1n) is 6.48. The van der Waals surface area contributed by atoms with Crippen LogP contribution in [-0.2, 0) is 4.79 Å². The van der Waals surface area contributed by atoms with Crippen molar-refractivity contribution in [3.63, 3.8) is 0 Å². The fraction of sp³-hybridized carbons (Fsp3) is 0.400. The summed E-state index contributed by atoms with van der Waals surface area (Å²) in [5.74, 6) is 0.322. The topological polar surface area (TPSA) is 46.5 Å². The first kappa shape index (κ1) is 13.9. The van der Waals surface area contributed by atoms with Gasteiger partial charge in [0.1, 0.15) is 5.75 Å². The third-order valence-electron chi connectivity index (χ3n) is 3.33. The van der Waals surface area contributed by atoms with E-state index in [0.717, 1.165) is 6.08 Å². The van der Waals surface area contributed by atoms with Gasteiger partial charge in [0, 0.05) is 16.7 Å². The van der Waals surface area contributed by atoms with Gasteiger partial charge < -0.3 is 9.84 Å². The highest BCUT2D eigenvalue weighted by atomic mass is 35.5. The van der Waals surface area contributed by atoms with Crippen LogP contribution >= 0.6 is 11.6 Å². The van der Waals surface area contributed by atoms with Gasteiger partial charge in [-0.2, -0.15) is 0 Å². The minimum Gasteiger partial charge on any atom is -0.493 e. The van der Waals surface area contributed by atoms with Crippen LogP contribution in [0.2, 0.25) is 5.02 Å². The summed E-state index contributed by atoms with van der Waals surface area (Å²) in [7, 11) is 0. The van der Waals surface area contributed by atoms with Crippen LogP contribution in [0.15, 0.2) is 24.3 Å². The zero-order valence-electron chi connectivity index (χ0n) is 10.6. The SMILES string of the molecule is O=C(O)C=Cc1cc(Cl)ccc1OCC1CCCC1. The molecule has 4 heteroatoms. The maximum atomic E-state index is 10.6. The number of carbonyl (C=O) groups is 1. The van der Waals surface area contributed by atoms with Gasteiger partial charge in [-0.3, -0.25) is 0 Å². The Labute approximate surface area is 117 Å². The van der Waals surface area contributed by atoms with Crippen molar-refractivity contribution in [3.8, 4) is 5.75 Å². The van der Waals surface area contributed by atoms with Crippen molar-refractivity contribution in [1.82, 2.24) is 0 Å². The first-order chi connectivity index (χ1) is 9.15. The molecule has 0 aliphatic heterocycles. The van der Waals surface area contributed by atoms with Gasteiger partial charge in [-0.15, -0.1) is 0 Å². The largest absolute Gasteiger partial charge is 0.493 e. The summed E-state index contributed by atoms with van der Waals surface area (Å²) in [6.07, 6.45) is 7.59. The molecule has 0 bridgehead atoms. The Morgan fingerprint density at radius 2 is 2.16 bits per heavy atom. The van der Waals surface area contributed by atoms with Crippen LogP contribution in [0.25, 0.3) is 6.08 Å². The molecular formula is C15H17ClO3. The fourth-order valence-corrected chi connectivity index (χ4v) is 2.51. The Morgan fingerprint density at radius 1 is 1.42 bits per heavy atom. The van der Waals surface area contributed by atoms with Crippen molar-refractivity contribution in [2.45, 2.75) is 25.7 Å². The van der Waals surface area contributed by atoms with Crippen molar-refractivity contribution in [3.05, 3.63) is 34.9 Å². The second-order valence-electron chi connectivity index (χ2n) is 4.82. The molecule has 0 aromatic heterocycles. The third kappa shape index (κ3) is 4.28. The van der Waals surface area contributed by atoms with Gasteiger partial charge in [-0.25, -0.2) is 4.79 Å². The van der Waals surface area contributed by atoms with E-state index in [9.17, 15) is 4.79 Å². The van der Waals surface area contributed by atoms with Gasteiger partial charge in [-0.05, 0) is 43.0 Å². The molecule has 1 aromatic rings. The van der Waals surface area contributed by atoms with Gasteiger partial charge >= 0.3 is 5.97 Å². The van der Waals surface area contributed by atoms with Crippen LogP contribution in [-0.4, -0.2) is 17.7 Å². The van der Waals surface area contributed by atoms with Crippen LogP contribution in [0, 0.1) is 5.92 Å². The van der Waals surface area contributed by atoms with E-state index < -0.39 is 5.97 Å². The molecule has 0 amide bonds. The summed E-state index contributed by atoms with van der Waals surface area (Å²) in [6, 6.07) is 5.26. The minimum absolute atomic E-state index is 0.568. The monoisotopic (exact) mass is 280 g/mol. The molecule has 1 aliphatic rings. The van der Waals surface area contributed by atoms with Crippen LogP contribution < -0.4 is 4.74 Å². The molecule has 1 saturated carbocycles. The van der Waals surface area contributed by atoms with E-state index in [1.54, 1.807) is 18.2 Å². The van der Waals surface area contributed by atoms with E-state index >= 15 is 0 Å². The lowest BCUT2D eigenvalue weighted by Crippen LogP contribution is -2.08. The molecule has 102 valence electrons. The Hall–Kier alpha value is -1.48. The van der Waals surface area contributed by atoms with Crippen molar-refractivity contribution in [2.24, 2.45) is 5.92 Å². The minimum atomic E-state index is -0.985. The number of hydrogen-bond acceptors (Lipinski definition) is 2. The fourth-order valence-electron chi connectivity index (χ4n) is 2.33. The maximum absolute atomic E-state index is 10.6. The molecule has 0 spiro atoms. The van der Waals surface area contributed by atoms with E-state index in [-0.39, 0.29) is 0 Å². The van der Waals surface area contributed by atoms with E-state index in [4.69, 9.17) is 21.4 Å². The molecule has 19 heavy (non-hydrogen) atoms. The Bertz CT molecular complexity index is 476. The van der Waals surface area contributed by atoms with E-state index in [1.165, 1.54) is 31.8 Å². The molecule has 0 heterocycles. The summed E-state index contributed by atoms with van der Waals surface area (Å²) in [6.45, 7) is 0.690. The predicted molar refractivity (Wildman–Crippen MR) is 75.6 cm³/mol. The van der Waals surface area contributed by atoms with Gasteiger partial charge in [-0.1, -0.05) is 24.4 Å². The highest BCUT2D eigenvalue weighted by Crippen LogP contribution is 2.28. The highest BCUT2D eigenvalue weighted by Gasteiger charge is 2.16. The molecule has 0 atom stereocenters. The first-order valence-corrected chi connectivity index (χ1v) is 6.86. The normalized spacial score (nSPS) is 16.1. The average molecular weight is 281 g/mol. The summed E-state index contributed by atoms with van der Waals surface area (Å²) in [5.41, 5.74) is 0.702. The third-order valence-corrected chi connectivity index (χ3v) is 3.56. The number of benzene rings is 1. The Balaban J connectivity index is 2.07. The lowest BCUT2D eigenvalue weighted by molar-refractivity contribution is -0.131. The van der Waals surface area contributed by atoms with Crippen LogP contribution in [0.5, 0.6) is 5.75 Å². The number of halogens is 1. The molecule has 1 aromatic carbocycles. The van der Waals surface area contributed by atoms with Crippen molar-refractivity contribution in [2.75, 3.05) is 6.61 Å². The molecule has 2 rings (SSSR count). The summed E-state index contributed by atoms with van der Waals surface area (Å²) >= 11 is 5.92. The molecule has 1 fully saturated rings. The zero-order chi connectivity index (χ0) is 13.7. The molecule has 0 radical (unpaired) electrons. The van der Waals surface area contributed by atoms with Gasteiger partial charge in [0.05, 0.1) is 6.61 Å². The highest BCUT2D eigenvalue weighted by molar-refractivity contribution is 6.30. The predicted octanol–water partition coefficient (Wildman–Crippen LogP) is 4.01.